The van der Waals surface area contributed by atoms with Crippen LogP contribution in [0.5, 0.6) is 0 Å². The number of amides is 1. The molecule has 0 aromatic heterocycles. The van der Waals surface area contributed by atoms with Crippen molar-refractivity contribution in [2.45, 2.75) is 18.9 Å². The molecular formula is C14H18N2O3. The van der Waals surface area contributed by atoms with Crippen LogP contribution in [0, 0.1) is 0 Å². The molecule has 0 saturated carbocycles. The summed E-state index contributed by atoms with van der Waals surface area (Å²) in [6.45, 7) is 2.88. The number of nitrogens with zero attached hydrogens (tertiary/aromatic N) is 2. The molecule has 0 atom stereocenters. The number of carboxylic acid groups (broad SMARTS) is 1. The van der Waals surface area contributed by atoms with Crippen LogP contribution in [0.15, 0.2) is 24.3 Å². The van der Waals surface area contributed by atoms with Gasteiger partial charge in [-0.2, -0.15) is 0 Å². The molecular weight excluding hydrogens is 244 g/mol. The van der Waals surface area contributed by atoms with Crippen LogP contribution in [0.25, 0.3) is 0 Å². The highest BCUT2D eigenvalue weighted by molar-refractivity contribution is 5.92. The van der Waals surface area contributed by atoms with Crippen molar-refractivity contribution in [2.24, 2.45) is 0 Å². The Kier molecular flexibility index (Phi) is 3.29. The Balaban J connectivity index is 1.91. The SMILES string of the molecule is O=C(O)N1CCN(C2CCOCC2)c2ccccc21. The third-order valence-electron chi connectivity index (χ3n) is 3.91. The molecule has 0 bridgehead atoms. The Morgan fingerprint density at radius 1 is 1.16 bits per heavy atom. The van der Waals surface area contributed by atoms with Gasteiger partial charge in [0.05, 0.1) is 11.4 Å². The van der Waals surface area contributed by atoms with Crippen LogP contribution in [0.4, 0.5) is 16.2 Å². The highest BCUT2D eigenvalue weighted by Gasteiger charge is 2.30. The highest BCUT2D eigenvalue weighted by atomic mass is 16.5. The number of para-hydroxylation sites is 2. The second-order valence-corrected chi connectivity index (χ2v) is 4.96. The van der Waals surface area contributed by atoms with Gasteiger partial charge in [0.1, 0.15) is 0 Å². The molecule has 1 saturated heterocycles. The van der Waals surface area contributed by atoms with Crippen LogP contribution < -0.4 is 9.80 Å². The number of ether oxygens (including phenoxy) is 1. The Morgan fingerprint density at radius 3 is 2.53 bits per heavy atom. The van der Waals surface area contributed by atoms with Crippen molar-refractivity contribution in [3.05, 3.63) is 24.3 Å². The lowest BCUT2D eigenvalue weighted by atomic mass is 10.0. The molecule has 0 radical (unpaired) electrons. The van der Waals surface area contributed by atoms with E-state index in [1.165, 1.54) is 4.90 Å². The zero-order valence-electron chi connectivity index (χ0n) is 10.8. The molecule has 1 aromatic carbocycles. The van der Waals surface area contributed by atoms with Crippen molar-refractivity contribution in [1.82, 2.24) is 0 Å². The van der Waals surface area contributed by atoms with Crippen LogP contribution in [0.3, 0.4) is 0 Å². The summed E-state index contributed by atoms with van der Waals surface area (Å²) in [4.78, 5) is 15.1. The van der Waals surface area contributed by atoms with Gasteiger partial charge in [-0.25, -0.2) is 4.79 Å². The molecule has 2 aliphatic rings. The monoisotopic (exact) mass is 262 g/mol. The van der Waals surface area contributed by atoms with Gasteiger partial charge in [-0.15, -0.1) is 0 Å². The predicted octanol–water partition coefficient (Wildman–Crippen LogP) is 2.17. The molecule has 5 nitrogen and oxygen atoms in total. The standard InChI is InChI=1S/C14H18N2O3/c17-14(18)16-8-7-15(11-5-9-19-10-6-11)12-3-1-2-4-13(12)16/h1-4,11H,5-10H2,(H,17,18). The van der Waals surface area contributed by atoms with E-state index in [4.69, 9.17) is 4.74 Å². The van der Waals surface area contributed by atoms with Gasteiger partial charge in [-0.1, -0.05) is 12.1 Å². The van der Waals surface area contributed by atoms with E-state index in [-0.39, 0.29) is 0 Å². The average Bonchev–Trinajstić information content (AvgIpc) is 2.47. The van der Waals surface area contributed by atoms with Crippen molar-refractivity contribution in [3.63, 3.8) is 0 Å². The van der Waals surface area contributed by atoms with E-state index >= 15 is 0 Å². The van der Waals surface area contributed by atoms with Gasteiger partial charge in [0.15, 0.2) is 0 Å². The summed E-state index contributed by atoms with van der Waals surface area (Å²) in [5, 5.41) is 9.27. The molecule has 2 heterocycles. The third kappa shape index (κ3) is 2.26. The minimum Gasteiger partial charge on any atom is -0.465 e. The van der Waals surface area contributed by atoms with E-state index in [1.54, 1.807) is 0 Å². The first-order valence-corrected chi connectivity index (χ1v) is 6.71. The molecule has 19 heavy (non-hydrogen) atoms. The van der Waals surface area contributed by atoms with E-state index in [0.29, 0.717) is 12.6 Å². The van der Waals surface area contributed by atoms with Crippen LogP contribution >= 0.6 is 0 Å². The van der Waals surface area contributed by atoms with Crippen LogP contribution in [-0.2, 0) is 4.74 Å². The zero-order chi connectivity index (χ0) is 13.2. The highest BCUT2D eigenvalue weighted by Crippen LogP contribution is 2.35. The fourth-order valence-corrected chi connectivity index (χ4v) is 2.96. The molecule has 5 heteroatoms. The van der Waals surface area contributed by atoms with Crippen LogP contribution in [0.1, 0.15) is 12.8 Å². The number of fused-ring (bicyclic) bond motifs is 1. The maximum atomic E-state index is 11.3. The predicted molar refractivity (Wildman–Crippen MR) is 73.0 cm³/mol. The van der Waals surface area contributed by atoms with Gasteiger partial charge in [-0.05, 0) is 25.0 Å². The topological polar surface area (TPSA) is 53.0 Å². The summed E-state index contributed by atoms with van der Waals surface area (Å²) >= 11 is 0. The van der Waals surface area contributed by atoms with Crippen molar-refractivity contribution in [2.75, 3.05) is 36.1 Å². The summed E-state index contributed by atoms with van der Waals surface area (Å²) < 4.78 is 5.41. The fraction of sp³-hybridized carbons (Fsp3) is 0.500. The Hall–Kier alpha value is -1.75. The average molecular weight is 262 g/mol. The number of rotatable bonds is 1. The van der Waals surface area contributed by atoms with E-state index in [0.717, 1.165) is 44.0 Å². The van der Waals surface area contributed by atoms with Gasteiger partial charge in [0.25, 0.3) is 0 Å². The van der Waals surface area contributed by atoms with Crippen molar-refractivity contribution in [1.29, 1.82) is 0 Å². The van der Waals surface area contributed by atoms with Gasteiger partial charge in [-0.3, -0.25) is 4.90 Å². The summed E-state index contributed by atoms with van der Waals surface area (Å²) in [5.74, 6) is 0. The molecule has 102 valence electrons. The summed E-state index contributed by atoms with van der Waals surface area (Å²) in [5.41, 5.74) is 1.83. The molecule has 2 aliphatic heterocycles. The van der Waals surface area contributed by atoms with Crippen LogP contribution in [0.2, 0.25) is 0 Å². The number of hydrogen-bond acceptors (Lipinski definition) is 3. The molecule has 1 N–H and O–H groups in total. The molecule has 1 aromatic rings. The second kappa shape index (κ2) is 5.09. The van der Waals surface area contributed by atoms with Crippen molar-refractivity contribution < 1.29 is 14.6 Å². The zero-order valence-corrected chi connectivity index (χ0v) is 10.8. The Morgan fingerprint density at radius 2 is 1.84 bits per heavy atom. The molecule has 3 rings (SSSR count). The molecule has 1 amide bonds. The lowest BCUT2D eigenvalue weighted by molar-refractivity contribution is 0.0843. The summed E-state index contributed by atoms with van der Waals surface area (Å²) in [6.07, 6.45) is 1.15. The third-order valence-corrected chi connectivity index (χ3v) is 3.91. The Bertz CT molecular complexity index is 472. The van der Waals surface area contributed by atoms with Gasteiger partial charge >= 0.3 is 6.09 Å². The first-order chi connectivity index (χ1) is 9.27. The maximum absolute atomic E-state index is 11.3. The smallest absolute Gasteiger partial charge is 0.411 e. The minimum absolute atomic E-state index is 0.464. The van der Waals surface area contributed by atoms with E-state index in [1.807, 2.05) is 24.3 Å². The minimum atomic E-state index is -0.876. The first-order valence-electron chi connectivity index (χ1n) is 6.71. The number of hydrogen-bond donors (Lipinski definition) is 1. The van der Waals surface area contributed by atoms with Gasteiger partial charge in [0, 0.05) is 32.3 Å². The molecule has 0 spiro atoms. The van der Waals surface area contributed by atoms with Gasteiger partial charge < -0.3 is 14.7 Å². The van der Waals surface area contributed by atoms with Crippen LogP contribution in [-0.4, -0.2) is 43.5 Å². The largest absolute Gasteiger partial charge is 0.465 e. The maximum Gasteiger partial charge on any atom is 0.411 e. The van der Waals surface area contributed by atoms with E-state index in [2.05, 4.69) is 4.90 Å². The summed E-state index contributed by atoms with van der Waals surface area (Å²) in [6, 6.07) is 8.22. The van der Waals surface area contributed by atoms with E-state index in [9.17, 15) is 9.90 Å². The summed E-state index contributed by atoms with van der Waals surface area (Å²) in [7, 11) is 0. The van der Waals surface area contributed by atoms with Gasteiger partial charge in [0.2, 0.25) is 0 Å². The van der Waals surface area contributed by atoms with Crippen molar-refractivity contribution >= 4 is 17.5 Å². The normalized spacial score (nSPS) is 20.2. The first kappa shape index (κ1) is 12.3. The molecule has 1 fully saturated rings. The van der Waals surface area contributed by atoms with Crippen molar-refractivity contribution in [3.8, 4) is 0 Å². The van der Waals surface area contributed by atoms with E-state index < -0.39 is 6.09 Å². The number of anilines is 2. The fourth-order valence-electron chi connectivity index (χ4n) is 2.96. The Labute approximate surface area is 112 Å². The lowest BCUT2D eigenvalue weighted by Gasteiger charge is -2.42. The lowest BCUT2D eigenvalue weighted by Crippen LogP contribution is -2.49. The number of benzene rings is 1. The molecule has 0 aliphatic carbocycles. The molecule has 0 unspecified atom stereocenters. The number of carbonyl (C=O) groups is 1. The second-order valence-electron chi connectivity index (χ2n) is 4.96. The quantitative estimate of drug-likeness (QED) is 0.842.